The third-order valence-electron chi connectivity index (χ3n) is 0.230. The van der Waals surface area contributed by atoms with Gasteiger partial charge in [0.1, 0.15) is 0 Å². The minimum atomic E-state index is -1.44. The van der Waals surface area contributed by atoms with Crippen LogP contribution in [0.15, 0.2) is 0 Å². The molecule has 41 valence electrons. The molecule has 0 aliphatic rings. The van der Waals surface area contributed by atoms with E-state index in [1.165, 1.54) is 5.32 Å². The number of urea groups is 1. The Morgan fingerprint density at radius 2 is 1.88 bits per heavy atom. The zero-order chi connectivity index (χ0) is 5.86. The van der Waals surface area contributed by atoms with Crippen LogP contribution in [0.25, 0.3) is 0 Å². The van der Waals surface area contributed by atoms with Crippen molar-refractivity contribution in [1.29, 1.82) is 0 Å². The van der Waals surface area contributed by atoms with Crippen molar-refractivity contribution in [1.82, 2.24) is 5.32 Å². The summed E-state index contributed by atoms with van der Waals surface area (Å²) in [6, 6.07) is -1.06. The maximum atomic E-state index is 9.54. The molecule has 0 saturated heterocycles. The number of carbonyl (C=O) groups excluding carboxylic acids is 1. The molecule has 3 amide bonds. The SMILES string of the molecule is NC(=O)NC(=O)O.[K]. The summed E-state index contributed by atoms with van der Waals surface area (Å²) in [7, 11) is 0. The Hall–Kier alpha value is 0.376. The molecule has 6 heteroatoms. The molecule has 8 heavy (non-hydrogen) atoms. The topological polar surface area (TPSA) is 92.4 Å². The van der Waals surface area contributed by atoms with Crippen LogP contribution >= 0.6 is 0 Å². The minimum Gasteiger partial charge on any atom is -0.465 e. The maximum Gasteiger partial charge on any atom is 0.412 e. The van der Waals surface area contributed by atoms with Gasteiger partial charge in [0.15, 0.2) is 0 Å². The number of rotatable bonds is 0. The summed E-state index contributed by atoms with van der Waals surface area (Å²) in [6.07, 6.45) is -1.44. The van der Waals surface area contributed by atoms with E-state index in [0.717, 1.165) is 0 Å². The third-order valence-corrected chi connectivity index (χ3v) is 0.230. The first-order chi connectivity index (χ1) is 3.13. The standard InChI is InChI=1S/C2H4N2O3.K/c3-1(5)4-2(6)7;/h(H,6,7)(H3,3,4,5);. The van der Waals surface area contributed by atoms with Crippen LogP contribution in [-0.2, 0) is 0 Å². The van der Waals surface area contributed by atoms with Gasteiger partial charge in [-0.25, -0.2) is 14.9 Å². The van der Waals surface area contributed by atoms with Crippen LogP contribution < -0.4 is 11.1 Å². The molecular weight excluding hydrogens is 139 g/mol. The number of hydrogen-bond acceptors (Lipinski definition) is 2. The Morgan fingerprint density at radius 1 is 1.50 bits per heavy atom. The Morgan fingerprint density at radius 3 is 1.88 bits per heavy atom. The predicted molar refractivity (Wildman–Crippen MR) is 26.5 cm³/mol. The second kappa shape index (κ2) is 5.51. The van der Waals surface area contributed by atoms with Gasteiger partial charge in [-0.1, -0.05) is 0 Å². The van der Waals surface area contributed by atoms with Crippen molar-refractivity contribution in [2.24, 2.45) is 5.73 Å². The second-order valence-corrected chi connectivity index (χ2v) is 0.794. The van der Waals surface area contributed by atoms with Crippen LogP contribution in [-0.4, -0.2) is 68.6 Å². The molecule has 0 fully saturated rings. The number of hydrogen-bond donors (Lipinski definition) is 3. The summed E-state index contributed by atoms with van der Waals surface area (Å²) in [6.45, 7) is 0. The van der Waals surface area contributed by atoms with Gasteiger partial charge in [0.25, 0.3) is 0 Å². The van der Waals surface area contributed by atoms with E-state index in [-0.39, 0.29) is 51.4 Å². The van der Waals surface area contributed by atoms with E-state index < -0.39 is 12.1 Å². The van der Waals surface area contributed by atoms with Gasteiger partial charge in [0.2, 0.25) is 0 Å². The Kier molecular flexibility index (Phi) is 7.72. The van der Waals surface area contributed by atoms with Crippen molar-refractivity contribution in [2.45, 2.75) is 0 Å². The van der Waals surface area contributed by atoms with Crippen molar-refractivity contribution < 1.29 is 14.7 Å². The van der Waals surface area contributed by atoms with Crippen molar-refractivity contribution in [2.75, 3.05) is 0 Å². The molecule has 0 aromatic carbocycles. The van der Waals surface area contributed by atoms with E-state index in [9.17, 15) is 9.59 Å². The number of carbonyl (C=O) groups is 2. The quantitative estimate of drug-likeness (QED) is 0.378. The van der Waals surface area contributed by atoms with E-state index in [4.69, 9.17) is 5.11 Å². The van der Waals surface area contributed by atoms with E-state index in [1.807, 2.05) is 0 Å². The summed E-state index contributed by atoms with van der Waals surface area (Å²) in [5.74, 6) is 0. The molecule has 0 rings (SSSR count). The van der Waals surface area contributed by atoms with Crippen molar-refractivity contribution in [3.63, 3.8) is 0 Å². The van der Waals surface area contributed by atoms with Crippen LogP contribution in [0.4, 0.5) is 9.59 Å². The summed E-state index contributed by atoms with van der Waals surface area (Å²) in [5, 5.41) is 9.03. The molecule has 0 heterocycles. The summed E-state index contributed by atoms with van der Waals surface area (Å²) < 4.78 is 0. The van der Waals surface area contributed by atoms with E-state index in [2.05, 4.69) is 5.73 Å². The van der Waals surface area contributed by atoms with E-state index >= 15 is 0 Å². The largest absolute Gasteiger partial charge is 0.465 e. The summed E-state index contributed by atoms with van der Waals surface area (Å²) >= 11 is 0. The molecule has 0 aliphatic heterocycles. The number of carboxylic acid groups (broad SMARTS) is 1. The van der Waals surface area contributed by atoms with E-state index in [0.29, 0.717) is 0 Å². The molecule has 0 bridgehead atoms. The normalized spacial score (nSPS) is 6.50. The molecule has 0 saturated carbocycles. The summed E-state index contributed by atoms with van der Waals surface area (Å²) in [4.78, 5) is 18.9. The fraction of sp³-hybridized carbons (Fsp3) is 0. The third kappa shape index (κ3) is 9.62. The smallest absolute Gasteiger partial charge is 0.412 e. The first kappa shape index (κ1) is 11.2. The van der Waals surface area contributed by atoms with Gasteiger partial charge in [-0.05, 0) is 0 Å². The van der Waals surface area contributed by atoms with Crippen LogP contribution in [0, 0.1) is 0 Å². The molecule has 1 radical (unpaired) electrons. The van der Waals surface area contributed by atoms with Crippen LogP contribution in [0.2, 0.25) is 0 Å². The van der Waals surface area contributed by atoms with Gasteiger partial charge < -0.3 is 10.8 Å². The number of amides is 3. The summed E-state index contributed by atoms with van der Waals surface area (Å²) in [5.41, 5.74) is 4.36. The Labute approximate surface area is 88.0 Å². The van der Waals surface area contributed by atoms with Gasteiger partial charge in [0.05, 0.1) is 0 Å². The van der Waals surface area contributed by atoms with Crippen LogP contribution in [0.5, 0.6) is 0 Å². The van der Waals surface area contributed by atoms with Gasteiger partial charge >= 0.3 is 12.1 Å². The molecule has 0 aromatic rings. The van der Waals surface area contributed by atoms with Crippen molar-refractivity contribution in [3.8, 4) is 0 Å². The fourth-order valence-corrected chi connectivity index (χ4v) is 0.105. The van der Waals surface area contributed by atoms with Crippen molar-refractivity contribution in [3.05, 3.63) is 0 Å². The first-order valence-corrected chi connectivity index (χ1v) is 1.42. The molecular formula is C2H4KN2O3. The van der Waals surface area contributed by atoms with Crippen molar-refractivity contribution >= 4 is 63.5 Å². The predicted octanol–water partition coefficient (Wildman–Crippen LogP) is -1.05. The second-order valence-electron chi connectivity index (χ2n) is 0.794. The molecule has 0 aromatic heterocycles. The molecule has 0 atom stereocenters. The number of imide groups is 1. The van der Waals surface area contributed by atoms with Crippen LogP contribution in [0.1, 0.15) is 0 Å². The molecule has 5 nitrogen and oxygen atoms in total. The zero-order valence-corrected chi connectivity index (χ0v) is 7.46. The van der Waals surface area contributed by atoms with Crippen LogP contribution in [0.3, 0.4) is 0 Å². The average Bonchev–Trinajstić information content (AvgIpc) is 1.27. The Balaban J connectivity index is 0. The number of nitrogens with two attached hydrogens (primary N) is 1. The van der Waals surface area contributed by atoms with Gasteiger partial charge in [-0.3, -0.25) is 0 Å². The molecule has 4 N–H and O–H groups in total. The van der Waals surface area contributed by atoms with Gasteiger partial charge in [-0.2, -0.15) is 0 Å². The minimum absolute atomic E-state index is 0. The average molecular weight is 143 g/mol. The number of primary amides is 1. The Bertz CT molecular complexity index is 91.5. The molecule has 0 unspecified atom stereocenters. The monoisotopic (exact) mass is 143 g/mol. The fourth-order valence-electron chi connectivity index (χ4n) is 0.105. The number of nitrogens with one attached hydrogen (secondary N) is 1. The zero-order valence-electron chi connectivity index (χ0n) is 4.34. The maximum absolute atomic E-state index is 9.54. The van der Waals surface area contributed by atoms with E-state index in [1.54, 1.807) is 0 Å². The van der Waals surface area contributed by atoms with Gasteiger partial charge in [0, 0.05) is 51.4 Å². The molecule has 0 aliphatic carbocycles. The molecule has 0 spiro atoms. The van der Waals surface area contributed by atoms with Gasteiger partial charge in [-0.15, -0.1) is 0 Å². The first-order valence-electron chi connectivity index (χ1n) is 1.42.